The largest absolute Gasteiger partial charge is 0.459 e. The van der Waals surface area contributed by atoms with Crippen LogP contribution in [0.5, 0.6) is 0 Å². The molecule has 0 unspecified atom stereocenters. The highest BCUT2D eigenvalue weighted by Gasteiger charge is 2.22. The second-order valence-corrected chi connectivity index (χ2v) is 6.96. The number of carbonyl (C=O) groups excluding carboxylic acids is 2. The van der Waals surface area contributed by atoms with Crippen LogP contribution < -0.4 is 0 Å². The van der Waals surface area contributed by atoms with Crippen molar-refractivity contribution in [3.05, 3.63) is 0 Å². The minimum atomic E-state index is -0.674. The summed E-state index contributed by atoms with van der Waals surface area (Å²) in [6, 6.07) is 0. The molecule has 4 heteroatoms. The van der Waals surface area contributed by atoms with Gasteiger partial charge in [0.05, 0.1) is 6.61 Å². The number of ether oxygens (including phenoxy) is 1. The van der Waals surface area contributed by atoms with Crippen molar-refractivity contribution in [1.29, 1.82) is 0 Å². The first kappa shape index (κ1) is 23.9. The molecule has 0 aromatic rings. The van der Waals surface area contributed by atoms with E-state index in [-0.39, 0.29) is 0 Å². The summed E-state index contributed by atoms with van der Waals surface area (Å²) in [6.07, 6.45) is 14.9. The summed E-state index contributed by atoms with van der Waals surface area (Å²) in [6.45, 7) is 8.09. The Kier molecular flexibility index (Phi) is 17.0. The first-order valence-corrected chi connectivity index (χ1v) is 10.6. The van der Waals surface area contributed by atoms with Gasteiger partial charge in [0, 0.05) is 13.1 Å². The van der Waals surface area contributed by atoms with E-state index in [2.05, 4.69) is 20.8 Å². The third-order valence-electron chi connectivity index (χ3n) is 4.51. The number of rotatable bonds is 16. The van der Waals surface area contributed by atoms with E-state index in [1.54, 1.807) is 4.90 Å². The number of carbonyl (C=O) groups is 2. The summed E-state index contributed by atoms with van der Waals surface area (Å²) in [5.41, 5.74) is 0. The molecule has 0 saturated carbocycles. The maximum absolute atomic E-state index is 12.2. The molecule has 0 rings (SSSR count). The van der Waals surface area contributed by atoms with Crippen molar-refractivity contribution in [2.45, 2.75) is 104 Å². The first-order valence-electron chi connectivity index (χ1n) is 10.6. The molecular weight excluding hydrogens is 314 g/mol. The van der Waals surface area contributed by atoms with E-state index in [9.17, 15) is 9.59 Å². The summed E-state index contributed by atoms with van der Waals surface area (Å²) >= 11 is 0. The highest BCUT2D eigenvalue weighted by molar-refractivity contribution is 6.32. The standard InChI is InChI=1S/C21H41NO3/c1-4-7-10-11-12-13-14-15-16-19-25-21(24)20(23)22(17-8-5-2)18-9-6-3/h4-19H2,1-3H3. The van der Waals surface area contributed by atoms with Crippen LogP contribution in [0.3, 0.4) is 0 Å². The zero-order chi connectivity index (χ0) is 18.8. The fourth-order valence-corrected chi connectivity index (χ4v) is 2.78. The third kappa shape index (κ3) is 13.9. The van der Waals surface area contributed by atoms with Gasteiger partial charge < -0.3 is 9.64 Å². The van der Waals surface area contributed by atoms with Crippen LogP contribution in [0.1, 0.15) is 104 Å². The number of hydrogen-bond donors (Lipinski definition) is 0. The Morgan fingerprint density at radius 1 is 0.640 bits per heavy atom. The molecule has 0 aliphatic carbocycles. The number of unbranched alkanes of at least 4 members (excludes halogenated alkanes) is 10. The van der Waals surface area contributed by atoms with E-state index in [0.717, 1.165) is 38.5 Å². The molecule has 0 aliphatic rings. The predicted octanol–water partition coefficient (Wildman–Crippen LogP) is 5.49. The first-order chi connectivity index (χ1) is 12.2. The van der Waals surface area contributed by atoms with Gasteiger partial charge in [0.1, 0.15) is 0 Å². The lowest BCUT2D eigenvalue weighted by Crippen LogP contribution is -2.39. The van der Waals surface area contributed by atoms with Gasteiger partial charge >= 0.3 is 11.9 Å². The Hall–Kier alpha value is -1.06. The van der Waals surface area contributed by atoms with Gasteiger partial charge in [0.2, 0.25) is 0 Å². The van der Waals surface area contributed by atoms with Gasteiger partial charge in [-0.25, -0.2) is 4.79 Å². The number of amides is 1. The summed E-state index contributed by atoms with van der Waals surface area (Å²) in [5.74, 6) is -1.13. The quantitative estimate of drug-likeness (QED) is 0.209. The highest BCUT2D eigenvalue weighted by atomic mass is 16.5. The van der Waals surface area contributed by atoms with Crippen LogP contribution in [0.4, 0.5) is 0 Å². The molecule has 0 spiro atoms. The summed E-state index contributed by atoms with van der Waals surface area (Å²) < 4.78 is 5.17. The molecule has 0 N–H and O–H groups in total. The third-order valence-corrected chi connectivity index (χ3v) is 4.51. The van der Waals surface area contributed by atoms with E-state index in [1.165, 1.54) is 44.9 Å². The molecule has 0 atom stereocenters. The van der Waals surface area contributed by atoms with Gasteiger partial charge in [-0.2, -0.15) is 0 Å². The molecule has 0 saturated heterocycles. The van der Waals surface area contributed by atoms with Gasteiger partial charge in [0.25, 0.3) is 0 Å². The van der Waals surface area contributed by atoms with Gasteiger partial charge in [-0.15, -0.1) is 0 Å². The number of nitrogens with zero attached hydrogens (tertiary/aromatic N) is 1. The Morgan fingerprint density at radius 2 is 1.08 bits per heavy atom. The fraction of sp³-hybridized carbons (Fsp3) is 0.905. The van der Waals surface area contributed by atoms with Crippen LogP contribution in [0.2, 0.25) is 0 Å². The minimum Gasteiger partial charge on any atom is -0.459 e. The van der Waals surface area contributed by atoms with E-state index in [1.807, 2.05) is 0 Å². The molecule has 1 amide bonds. The van der Waals surface area contributed by atoms with Crippen LogP contribution >= 0.6 is 0 Å². The van der Waals surface area contributed by atoms with E-state index in [4.69, 9.17) is 4.74 Å². The van der Waals surface area contributed by atoms with E-state index < -0.39 is 11.9 Å². The van der Waals surface area contributed by atoms with Gasteiger partial charge in [-0.3, -0.25) is 4.79 Å². The van der Waals surface area contributed by atoms with Crippen molar-refractivity contribution < 1.29 is 14.3 Å². The topological polar surface area (TPSA) is 46.6 Å². The molecule has 0 radical (unpaired) electrons. The monoisotopic (exact) mass is 355 g/mol. The van der Waals surface area contributed by atoms with Crippen molar-refractivity contribution in [3.8, 4) is 0 Å². The van der Waals surface area contributed by atoms with Gasteiger partial charge in [-0.05, 0) is 19.3 Å². The molecular formula is C21H41NO3. The molecule has 0 heterocycles. The van der Waals surface area contributed by atoms with Crippen LogP contribution in [0.15, 0.2) is 0 Å². The Morgan fingerprint density at radius 3 is 1.56 bits per heavy atom. The molecule has 25 heavy (non-hydrogen) atoms. The molecule has 0 fully saturated rings. The molecule has 0 aromatic carbocycles. The summed E-state index contributed by atoms with van der Waals surface area (Å²) in [4.78, 5) is 25.8. The smallest absolute Gasteiger partial charge is 0.397 e. The van der Waals surface area contributed by atoms with Crippen LogP contribution in [0.25, 0.3) is 0 Å². The average Bonchev–Trinajstić information content (AvgIpc) is 2.62. The van der Waals surface area contributed by atoms with Crippen LogP contribution in [-0.4, -0.2) is 36.5 Å². The van der Waals surface area contributed by atoms with Crippen molar-refractivity contribution in [1.82, 2.24) is 4.90 Å². The zero-order valence-corrected chi connectivity index (χ0v) is 17.0. The lowest BCUT2D eigenvalue weighted by Gasteiger charge is -2.21. The normalized spacial score (nSPS) is 10.7. The van der Waals surface area contributed by atoms with Crippen molar-refractivity contribution in [3.63, 3.8) is 0 Å². The molecule has 148 valence electrons. The average molecular weight is 356 g/mol. The number of hydrogen-bond acceptors (Lipinski definition) is 3. The van der Waals surface area contributed by atoms with E-state index >= 15 is 0 Å². The molecule has 0 bridgehead atoms. The van der Waals surface area contributed by atoms with Crippen molar-refractivity contribution >= 4 is 11.9 Å². The summed E-state index contributed by atoms with van der Waals surface area (Å²) in [7, 11) is 0. The van der Waals surface area contributed by atoms with Crippen molar-refractivity contribution in [2.24, 2.45) is 0 Å². The predicted molar refractivity (Wildman–Crippen MR) is 105 cm³/mol. The maximum atomic E-state index is 12.2. The van der Waals surface area contributed by atoms with Crippen LogP contribution in [-0.2, 0) is 14.3 Å². The van der Waals surface area contributed by atoms with Gasteiger partial charge in [0.15, 0.2) is 0 Å². The van der Waals surface area contributed by atoms with E-state index in [0.29, 0.717) is 19.7 Å². The Labute approximate surface area is 155 Å². The maximum Gasteiger partial charge on any atom is 0.397 e. The van der Waals surface area contributed by atoms with Gasteiger partial charge in [-0.1, -0.05) is 85.0 Å². The Bertz CT molecular complexity index is 323. The SMILES string of the molecule is CCCCCCCCCCCOC(=O)C(=O)N(CCCC)CCCC. The Balaban J connectivity index is 3.78. The highest BCUT2D eigenvalue weighted by Crippen LogP contribution is 2.09. The lowest BCUT2D eigenvalue weighted by atomic mass is 10.1. The zero-order valence-electron chi connectivity index (χ0n) is 17.0. The molecule has 4 nitrogen and oxygen atoms in total. The second kappa shape index (κ2) is 17.8. The molecule has 0 aliphatic heterocycles. The van der Waals surface area contributed by atoms with Crippen LogP contribution in [0, 0.1) is 0 Å². The van der Waals surface area contributed by atoms with Crippen molar-refractivity contribution in [2.75, 3.05) is 19.7 Å². The number of esters is 1. The lowest BCUT2D eigenvalue weighted by molar-refractivity contribution is -0.160. The summed E-state index contributed by atoms with van der Waals surface area (Å²) in [5, 5.41) is 0. The fourth-order valence-electron chi connectivity index (χ4n) is 2.78. The minimum absolute atomic E-state index is 0.371. The second-order valence-electron chi connectivity index (χ2n) is 6.96. The molecule has 0 aromatic heterocycles.